The Kier molecular flexibility index (Phi) is 4.05. The van der Waals surface area contributed by atoms with Crippen molar-refractivity contribution in [1.82, 2.24) is 34.7 Å². The predicted octanol–water partition coefficient (Wildman–Crippen LogP) is 3.40. The van der Waals surface area contributed by atoms with Crippen molar-refractivity contribution in [2.75, 3.05) is 6.54 Å². The predicted molar refractivity (Wildman–Crippen MR) is 115 cm³/mol. The maximum Gasteiger partial charge on any atom is 0.312 e. The molecule has 32 heavy (non-hydrogen) atoms. The number of aromatic amines is 1. The van der Waals surface area contributed by atoms with Crippen molar-refractivity contribution in [3.8, 4) is 0 Å². The third kappa shape index (κ3) is 3.03. The highest BCUT2D eigenvalue weighted by atomic mass is 16.4. The molecule has 4 aromatic rings. The van der Waals surface area contributed by atoms with Crippen molar-refractivity contribution in [3.63, 3.8) is 0 Å². The molecule has 9 nitrogen and oxygen atoms in total. The van der Waals surface area contributed by atoms with Crippen LogP contribution in [0, 0.1) is 0 Å². The summed E-state index contributed by atoms with van der Waals surface area (Å²) in [5, 5.41) is 13.0. The Morgan fingerprint density at radius 1 is 1.25 bits per heavy atom. The van der Waals surface area contributed by atoms with Gasteiger partial charge in [0.05, 0.1) is 23.2 Å². The van der Waals surface area contributed by atoms with Crippen molar-refractivity contribution in [1.29, 1.82) is 0 Å². The van der Waals surface area contributed by atoms with Crippen LogP contribution in [0.4, 0.5) is 0 Å². The van der Waals surface area contributed by atoms with E-state index in [1.807, 2.05) is 37.5 Å². The van der Waals surface area contributed by atoms with Crippen molar-refractivity contribution >= 4 is 11.4 Å². The second-order valence-corrected chi connectivity index (χ2v) is 9.72. The third-order valence-electron chi connectivity index (χ3n) is 6.29. The number of aromatic nitrogens is 6. The Hall–Kier alpha value is -3.49. The monoisotopic (exact) mass is 431 g/mol. The molecule has 1 N–H and O–H groups in total. The number of carbonyl (C=O) groups excluding carboxylic acids is 1. The van der Waals surface area contributed by atoms with Crippen LogP contribution in [0.25, 0.3) is 5.52 Å². The minimum absolute atomic E-state index is 0.00124. The molecule has 0 unspecified atom stereocenters. The van der Waals surface area contributed by atoms with Gasteiger partial charge in [0.1, 0.15) is 6.04 Å². The standard InChI is InChI=1S/C23H25N7O2/c1-23(2,3)22-27-26-20(32-22)21(31)29-10-8-15-18(25-12-24-15)19(29)16-11-17-14(13-6-7-13)5-4-9-30(17)28-16/h4-5,9,11-13,19H,6-8,10H2,1-3H3,(H,24,25)/t19-/m0/s1. The van der Waals surface area contributed by atoms with Crippen molar-refractivity contribution < 1.29 is 9.21 Å². The molecular weight excluding hydrogens is 406 g/mol. The maximum absolute atomic E-state index is 13.5. The van der Waals surface area contributed by atoms with Crippen LogP contribution in [0.5, 0.6) is 0 Å². The summed E-state index contributed by atoms with van der Waals surface area (Å²) < 4.78 is 7.68. The molecule has 0 saturated heterocycles. The zero-order valence-electron chi connectivity index (χ0n) is 18.4. The van der Waals surface area contributed by atoms with Crippen LogP contribution in [0.2, 0.25) is 0 Å². The average Bonchev–Trinajstić information content (AvgIpc) is 3.18. The number of fused-ring (bicyclic) bond motifs is 2. The maximum atomic E-state index is 13.5. The molecule has 1 atom stereocenters. The molecule has 1 aliphatic carbocycles. The van der Waals surface area contributed by atoms with Crippen LogP contribution < -0.4 is 0 Å². The van der Waals surface area contributed by atoms with E-state index in [0.29, 0.717) is 24.8 Å². The van der Waals surface area contributed by atoms with Gasteiger partial charge >= 0.3 is 11.8 Å². The Morgan fingerprint density at radius 2 is 2.09 bits per heavy atom. The smallest absolute Gasteiger partial charge is 0.312 e. The normalized spacial score (nSPS) is 18.8. The number of rotatable bonds is 3. The number of nitrogens with one attached hydrogen (secondary N) is 1. The van der Waals surface area contributed by atoms with Crippen molar-refractivity contribution in [3.05, 3.63) is 65.1 Å². The van der Waals surface area contributed by atoms with E-state index in [9.17, 15) is 4.79 Å². The van der Waals surface area contributed by atoms with Gasteiger partial charge in [-0.1, -0.05) is 26.8 Å². The van der Waals surface area contributed by atoms with Crippen LogP contribution in [-0.4, -0.2) is 47.1 Å². The SMILES string of the molecule is CC(C)(C)c1nnc(C(=O)N2CCc3[nH]cnc3[C@@H]2c2cc3c(C4CC4)cccn3n2)o1. The number of hydrogen-bond acceptors (Lipinski definition) is 6. The molecule has 164 valence electrons. The molecule has 0 aromatic carbocycles. The molecule has 0 radical (unpaired) electrons. The summed E-state index contributed by atoms with van der Waals surface area (Å²) in [6.07, 6.45) is 6.74. The summed E-state index contributed by atoms with van der Waals surface area (Å²) in [5.41, 5.74) is 4.70. The van der Waals surface area contributed by atoms with Gasteiger partial charge < -0.3 is 14.3 Å². The summed E-state index contributed by atoms with van der Waals surface area (Å²) in [6.45, 7) is 6.43. The zero-order valence-corrected chi connectivity index (χ0v) is 18.4. The Bertz CT molecular complexity index is 1320. The van der Waals surface area contributed by atoms with E-state index in [1.54, 1.807) is 11.2 Å². The van der Waals surface area contributed by atoms with Crippen LogP contribution in [-0.2, 0) is 11.8 Å². The Labute approximate surface area is 184 Å². The molecule has 1 aliphatic heterocycles. The van der Waals surface area contributed by atoms with E-state index in [-0.39, 0.29) is 17.2 Å². The highest BCUT2D eigenvalue weighted by Gasteiger charge is 2.39. The van der Waals surface area contributed by atoms with Crippen molar-refractivity contribution in [2.24, 2.45) is 0 Å². The summed E-state index contributed by atoms with van der Waals surface area (Å²) in [6, 6.07) is 5.88. The zero-order chi connectivity index (χ0) is 22.0. The molecule has 4 aromatic heterocycles. The lowest BCUT2D eigenvalue weighted by atomic mass is 9.97. The first-order chi connectivity index (χ1) is 15.4. The highest BCUT2D eigenvalue weighted by molar-refractivity contribution is 5.90. The van der Waals surface area contributed by atoms with Crippen LogP contribution in [0.3, 0.4) is 0 Å². The average molecular weight is 432 g/mol. The molecule has 2 aliphatic rings. The van der Waals surface area contributed by atoms with Gasteiger partial charge in [0.15, 0.2) is 0 Å². The lowest BCUT2D eigenvalue weighted by Crippen LogP contribution is -2.41. The number of nitrogens with zero attached hydrogens (tertiary/aromatic N) is 6. The molecule has 9 heteroatoms. The molecule has 5 heterocycles. The topological polar surface area (TPSA) is 105 Å². The molecular formula is C23H25N7O2. The Balaban J connectivity index is 1.43. The largest absolute Gasteiger partial charge is 0.416 e. The van der Waals surface area contributed by atoms with E-state index in [2.05, 4.69) is 32.3 Å². The summed E-state index contributed by atoms with van der Waals surface area (Å²) in [4.78, 5) is 23.0. The molecule has 0 bridgehead atoms. The molecule has 1 fully saturated rings. The van der Waals surface area contributed by atoms with E-state index in [0.717, 1.165) is 22.6 Å². The fraction of sp³-hybridized carbons (Fsp3) is 0.435. The number of imidazole rings is 1. The quantitative estimate of drug-likeness (QED) is 0.533. The summed E-state index contributed by atoms with van der Waals surface area (Å²) in [7, 11) is 0. The second kappa shape index (κ2) is 6.75. The fourth-order valence-electron chi connectivity index (χ4n) is 4.46. The van der Waals surface area contributed by atoms with Gasteiger partial charge in [0.25, 0.3) is 0 Å². The minimum atomic E-state index is -0.422. The number of pyridine rings is 1. The summed E-state index contributed by atoms with van der Waals surface area (Å²) >= 11 is 0. The van der Waals surface area contributed by atoms with Gasteiger partial charge in [-0.25, -0.2) is 9.50 Å². The first-order valence-electron chi connectivity index (χ1n) is 11.1. The van der Waals surface area contributed by atoms with E-state index >= 15 is 0 Å². The van der Waals surface area contributed by atoms with Crippen LogP contribution in [0.1, 0.15) is 84.8 Å². The van der Waals surface area contributed by atoms with E-state index in [1.165, 1.54) is 18.4 Å². The number of carbonyl (C=O) groups is 1. The van der Waals surface area contributed by atoms with Gasteiger partial charge in [0.2, 0.25) is 5.89 Å². The molecule has 0 spiro atoms. The van der Waals surface area contributed by atoms with Crippen molar-refractivity contribution in [2.45, 2.75) is 57.4 Å². The van der Waals surface area contributed by atoms with Crippen LogP contribution >= 0.6 is 0 Å². The molecule has 1 saturated carbocycles. The fourth-order valence-corrected chi connectivity index (χ4v) is 4.46. The minimum Gasteiger partial charge on any atom is -0.416 e. The van der Waals surface area contributed by atoms with E-state index in [4.69, 9.17) is 9.52 Å². The first kappa shape index (κ1) is 19.2. The summed E-state index contributed by atoms with van der Waals surface area (Å²) in [5.74, 6) is 0.742. The Morgan fingerprint density at radius 3 is 2.84 bits per heavy atom. The number of amides is 1. The second-order valence-electron chi connectivity index (χ2n) is 9.72. The van der Waals surface area contributed by atoms with Gasteiger partial charge in [-0.3, -0.25) is 4.79 Å². The first-order valence-corrected chi connectivity index (χ1v) is 11.1. The lowest BCUT2D eigenvalue weighted by molar-refractivity contribution is 0.0642. The lowest BCUT2D eigenvalue weighted by Gasteiger charge is -2.32. The van der Waals surface area contributed by atoms with E-state index < -0.39 is 6.04 Å². The van der Waals surface area contributed by atoms with Gasteiger partial charge in [-0.2, -0.15) is 5.10 Å². The van der Waals surface area contributed by atoms with Gasteiger partial charge in [-0.15, -0.1) is 10.2 Å². The third-order valence-corrected chi connectivity index (χ3v) is 6.29. The highest BCUT2D eigenvalue weighted by Crippen LogP contribution is 2.43. The number of hydrogen-bond donors (Lipinski definition) is 1. The van der Waals surface area contributed by atoms with Gasteiger partial charge in [0, 0.05) is 30.3 Å². The van der Waals surface area contributed by atoms with Gasteiger partial charge in [-0.05, 0) is 36.5 Å². The molecule has 1 amide bonds. The number of H-pyrrole nitrogens is 1. The van der Waals surface area contributed by atoms with Crippen LogP contribution in [0.15, 0.2) is 35.1 Å². The molecule has 6 rings (SSSR count).